The molecule has 0 aliphatic carbocycles. The Kier molecular flexibility index (Phi) is 7.33. The molecule has 1 aliphatic rings. The van der Waals surface area contributed by atoms with E-state index in [1.807, 2.05) is 52.2 Å². The lowest BCUT2D eigenvalue weighted by Crippen LogP contribution is -2.35. The zero-order valence-corrected chi connectivity index (χ0v) is 20.9. The van der Waals surface area contributed by atoms with Crippen LogP contribution < -0.4 is 9.80 Å². The first-order chi connectivity index (χ1) is 17.3. The average Bonchev–Trinajstić information content (AvgIpc) is 2.86. The van der Waals surface area contributed by atoms with Crippen LogP contribution in [0.3, 0.4) is 0 Å². The summed E-state index contributed by atoms with van der Waals surface area (Å²) < 4.78 is 15.1. The van der Waals surface area contributed by atoms with Gasteiger partial charge in [0.05, 0.1) is 18.8 Å². The molecule has 0 fully saturated rings. The quantitative estimate of drug-likeness (QED) is 0.483. The second-order valence-electron chi connectivity index (χ2n) is 9.09. The molecule has 0 spiro atoms. The van der Waals surface area contributed by atoms with Crippen molar-refractivity contribution in [1.82, 2.24) is 9.88 Å². The van der Waals surface area contributed by atoms with Crippen molar-refractivity contribution in [2.24, 2.45) is 4.99 Å². The molecule has 1 aliphatic heterocycles. The number of rotatable bonds is 7. The fourth-order valence-electron chi connectivity index (χ4n) is 4.20. The molecule has 8 heteroatoms. The molecule has 4 rings (SSSR count). The van der Waals surface area contributed by atoms with Crippen molar-refractivity contribution in [3.05, 3.63) is 72.4 Å². The zero-order chi connectivity index (χ0) is 25.8. The number of aromatic hydroxyl groups is 1. The summed E-state index contributed by atoms with van der Waals surface area (Å²) in [5.74, 6) is 0.305. The highest BCUT2D eigenvalue weighted by molar-refractivity contribution is 5.88. The number of aryl methyl sites for hydroxylation is 1. The molecule has 2 heterocycles. The van der Waals surface area contributed by atoms with Gasteiger partial charge in [0.2, 0.25) is 6.41 Å². The van der Waals surface area contributed by atoms with E-state index < -0.39 is 5.82 Å². The fraction of sp³-hybridized carbons (Fsp3) is 0.250. The van der Waals surface area contributed by atoms with Gasteiger partial charge in [-0.05, 0) is 66.9 Å². The first kappa shape index (κ1) is 24.9. The number of anilines is 2. The van der Waals surface area contributed by atoms with E-state index in [1.54, 1.807) is 23.4 Å². The Morgan fingerprint density at radius 3 is 2.39 bits per heavy atom. The molecular weight excluding hydrogens is 457 g/mol. The standard InChI is InChI=1S/C28H30FN5O2/c1-19-13-23(21-5-6-26(25(29)15-21)34(18-35)12-11-32(3)4)28(36)24(14-19)22-7-8-31-27(16-22)33-10-9-30-20(2)17-33/h5-8,11-16,18,36H,9-10,17H2,1-4H3/b12-11-. The highest BCUT2D eigenvalue weighted by Gasteiger charge is 2.18. The first-order valence-corrected chi connectivity index (χ1v) is 11.7. The number of aliphatic imine (C=N–C) groups is 1. The molecule has 0 saturated heterocycles. The van der Waals surface area contributed by atoms with Crippen LogP contribution >= 0.6 is 0 Å². The Hall–Kier alpha value is -4.20. The Balaban J connectivity index is 1.71. The minimum Gasteiger partial charge on any atom is -0.507 e. The molecule has 2 aromatic carbocycles. The molecule has 1 aromatic heterocycles. The maximum Gasteiger partial charge on any atom is 0.218 e. The number of carbonyl (C=O) groups is 1. The number of halogens is 1. The third kappa shape index (κ3) is 5.38. The van der Waals surface area contributed by atoms with Gasteiger partial charge in [-0.25, -0.2) is 9.37 Å². The van der Waals surface area contributed by atoms with Gasteiger partial charge in [0.15, 0.2) is 0 Å². The Morgan fingerprint density at radius 1 is 1.03 bits per heavy atom. The third-order valence-electron chi connectivity index (χ3n) is 5.98. The Bertz CT molecular complexity index is 1340. The van der Waals surface area contributed by atoms with E-state index in [0.717, 1.165) is 35.7 Å². The summed E-state index contributed by atoms with van der Waals surface area (Å²) in [6, 6.07) is 12.1. The van der Waals surface area contributed by atoms with Gasteiger partial charge in [-0.15, -0.1) is 0 Å². The van der Waals surface area contributed by atoms with Gasteiger partial charge in [-0.3, -0.25) is 14.7 Å². The van der Waals surface area contributed by atoms with Crippen LogP contribution in [0.5, 0.6) is 5.75 Å². The van der Waals surface area contributed by atoms with E-state index in [4.69, 9.17) is 0 Å². The van der Waals surface area contributed by atoms with Crippen LogP contribution in [-0.4, -0.2) is 60.8 Å². The van der Waals surface area contributed by atoms with Gasteiger partial charge >= 0.3 is 0 Å². The van der Waals surface area contributed by atoms with Crippen molar-refractivity contribution >= 4 is 23.6 Å². The minimum atomic E-state index is -0.571. The molecule has 1 amide bonds. The maximum absolute atomic E-state index is 15.1. The summed E-state index contributed by atoms with van der Waals surface area (Å²) >= 11 is 0. The molecular formula is C28H30FN5O2. The van der Waals surface area contributed by atoms with E-state index in [1.165, 1.54) is 23.2 Å². The lowest BCUT2D eigenvalue weighted by atomic mass is 9.95. The smallest absolute Gasteiger partial charge is 0.218 e. The van der Waals surface area contributed by atoms with Gasteiger partial charge in [0, 0.05) is 56.1 Å². The largest absolute Gasteiger partial charge is 0.507 e. The molecule has 0 atom stereocenters. The van der Waals surface area contributed by atoms with Crippen LogP contribution in [-0.2, 0) is 4.79 Å². The number of hydrogen-bond donors (Lipinski definition) is 1. The number of aromatic nitrogens is 1. The lowest BCUT2D eigenvalue weighted by molar-refractivity contribution is -0.107. The SMILES string of the molecule is CC1=NCCN(c2cc(-c3cc(C)cc(-c4ccc(N(C=O)/C=C\N(C)C)c(F)c4)c3O)ccn2)C1. The van der Waals surface area contributed by atoms with Crippen LogP contribution in [0, 0.1) is 12.7 Å². The number of amides is 1. The number of phenols is 1. The van der Waals surface area contributed by atoms with Crippen molar-refractivity contribution in [1.29, 1.82) is 0 Å². The topological polar surface area (TPSA) is 72.3 Å². The van der Waals surface area contributed by atoms with Crippen LogP contribution in [0.15, 0.2) is 66.1 Å². The molecule has 1 N–H and O–H groups in total. The predicted octanol–water partition coefficient (Wildman–Crippen LogP) is 4.85. The average molecular weight is 488 g/mol. The van der Waals surface area contributed by atoms with Crippen molar-refractivity contribution in [3.63, 3.8) is 0 Å². The summed E-state index contributed by atoms with van der Waals surface area (Å²) in [6.07, 6.45) is 5.43. The van der Waals surface area contributed by atoms with Gasteiger partial charge in [0.1, 0.15) is 17.4 Å². The van der Waals surface area contributed by atoms with Crippen LogP contribution in [0.2, 0.25) is 0 Å². The van der Waals surface area contributed by atoms with Gasteiger partial charge in [-0.1, -0.05) is 6.07 Å². The molecule has 7 nitrogen and oxygen atoms in total. The second-order valence-corrected chi connectivity index (χ2v) is 9.09. The van der Waals surface area contributed by atoms with E-state index in [0.29, 0.717) is 29.6 Å². The third-order valence-corrected chi connectivity index (χ3v) is 5.98. The molecule has 0 unspecified atom stereocenters. The number of nitrogens with zero attached hydrogens (tertiary/aromatic N) is 5. The number of pyridine rings is 1. The number of carbonyl (C=O) groups excluding carboxylic acids is 1. The van der Waals surface area contributed by atoms with Gasteiger partial charge < -0.3 is 14.9 Å². The van der Waals surface area contributed by atoms with E-state index >= 15 is 4.39 Å². The van der Waals surface area contributed by atoms with Crippen LogP contribution in [0.1, 0.15) is 12.5 Å². The minimum absolute atomic E-state index is 0.0565. The molecule has 0 radical (unpaired) electrons. The highest BCUT2D eigenvalue weighted by atomic mass is 19.1. The normalized spacial score (nSPS) is 13.6. The van der Waals surface area contributed by atoms with Crippen molar-refractivity contribution in [2.75, 3.05) is 43.5 Å². The molecule has 186 valence electrons. The lowest BCUT2D eigenvalue weighted by Gasteiger charge is -2.26. The molecule has 0 saturated carbocycles. The molecule has 0 bridgehead atoms. The van der Waals surface area contributed by atoms with E-state index in [2.05, 4.69) is 14.9 Å². The van der Waals surface area contributed by atoms with Crippen molar-refractivity contribution in [2.45, 2.75) is 13.8 Å². The van der Waals surface area contributed by atoms with E-state index in [9.17, 15) is 9.90 Å². The number of phenolic OH excluding ortho intramolecular Hbond substituents is 1. The maximum atomic E-state index is 15.1. The van der Waals surface area contributed by atoms with E-state index in [-0.39, 0.29) is 11.4 Å². The first-order valence-electron chi connectivity index (χ1n) is 11.7. The zero-order valence-electron chi connectivity index (χ0n) is 20.9. The van der Waals surface area contributed by atoms with Gasteiger partial charge in [-0.2, -0.15) is 0 Å². The number of benzene rings is 2. The van der Waals surface area contributed by atoms with Gasteiger partial charge in [0.25, 0.3) is 0 Å². The second kappa shape index (κ2) is 10.6. The van der Waals surface area contributed by atoms with Crippen molar-refractivity contribution in [3.8, 4) is 28.0 Å². The molecule has 3 aromatic rings. The van der Waals surface area contributed by atoms with Crippen LogP contribution in [0.25, 0.3) is 22.3 Å². The summed E-state index contributed by atoms with van der Waals surface area (Å²) in [7, 11) is 3.62. The van der Waals surface area contributed by atoms with Crippen molar-refractivity contribution < 1.29 is 14.3 Å². The Morgan fingerprint density at radius 2 is 1.75 bits per heavy atom. The van der Waals surface area contributed by atoms with Crippen LogP contribution in [0.4, 0.5) is 15.9 Å². The fourth-order valence-corrected chi connectivity index (χ4v) is 4.20. The summed E-state index contributed by atoms with van der Waals surface area (Å²) in [6.45, 7) is 6.17. The summed E-state index contributed by atoms with van der Waals surface area (Å²) in [5.41, 5.74) is 4.59. The predicted molar refractivity (Wildman–Crippen MR) is 143 cm³/mol. The monoisotopic (exact) mass is 487 g/mol. The summed E-state index contributed by atoms with van der Waals surface area (Å²) in [4.78, 5) is 25.6. The molecule has 36 heavy (non-hydrogen) atoms. The Labute approximate surface area is 210 Å². The number of hydrogen-bond acceptors (Lipinski definition) is 6. The summed E-state index contributed by atoms with van der Waals surface area (Å²) in [5, 5.41) is 11.3. The highest BCUT2D eigenvalue weighted by Crippen LogP contribution is 2.40.